The summed E-state index contributed by atoms with van der Waals surface area (Å²) < 4.78 is 56.1. The van der Waals surface area contributed by atoms with Gasteiger partial charge in [0.05, 0.1) is 11.3 Å². The summed E-state index contributed by atoms with van der Waals surface area (Å²) >= 11 is 0. The SMILES string of the molecule is CCC(C(N)=NC)=C(N)N1CCC(c2nc(-c3ccc(F)c(C(F)(F)F)c3)cn2C2CCNCC2)CC1. The highest BCUT2D eigenvalue weighted by Gasteiger charge is 2.35. The topological polar surface area (TPSA) is 97.5 Å². The number of rotatable bonds is 6. The average Bonchev–Trinajstić information content (AvgIpc) is 3.34. The Balaban J connectivity index is 1.64. The number of halogens is 4. The van der Waals surface area contributed by atoms with E-state index in [4.69, 9.17) is 16.5 Å². The number of nitrogens with one attached hydrogen (secondary N) is 1. The zero-order chi connectivity index (χ0) is 26.7. The van der Waals surface area contributed by atoms with Gasteiger partial charge in [-0.3, -0.25) is 4.99 Å². The van der Waals surface area contributed by atoms with Crippen LogP contribution in [0.4, 0.5) is 17.6 Å². The van der Waals surface area contributed by atoms with E-state index in [2.05, 4.69) is 19.8 Å². The predicted molar refractivity (Wildman–Crippen MR) is 136 cm³/mol. The Kier molecular flexibility index (Phi) is 8.11. The first-order valence-corrected chi connectivity index (χ1v) is 12.8. The molecule has 7 nitrogen and oxygen atoms in total. The average molecular weight is 522 g/mol. The van der Waals surface area contributed by atoms with Crippen molar-refractivity contribution in [2.75, 3.05) is 33.2 Å². The van der Waals surface area contributed by atoms with Crippen molar-refractivity contribution < 1.29 is 17.6 Å². The molecule has 37 heavy (non-hydrogen) atoms. The summed E-state index contributed by atoms with van der Waals surface area (Å²) in [5.41, 5.74) is 12.7. The van der Waals surface area contributed by atoms with Crippen LogP contribution in [0.5, 0.6) is 0 Å². The standard InChI is InChI=1S/C26H35F4N7/c1-3-19(23(31)33-2)24(32)36-12-8-16(9-13-36)25-35-22(15-37(25)18-6-10-34-11-7-18)17-4-5-21(27)20(14-17)26(28,29)30/h4-5,14-16,18,34H,3,6-13,32H2,1-2H3,(H2,31,33). The van der Waals surface area contributed by atoms with E-state index in [1.54, 1.807) is 7.05 Å². The number of amidine groups is 1. The predicted octanol–water partition coefficient (Wildman–Crippen LogP) is 4.38. The molecule has 3 heterocycles. The largest absolute Gasteiger partial charge is 0.419 e. The van der Waals surface area contributed by atoms with Crippen LogP contribution in [0.15, 0.2) is 40.8 Å². The van der Waals surface area contributed by atoms with Crippen LogP contribution in [-0.4, -0.2) is 53.5 Å². The summed E-state index contributed by atoms with van der Waals surface area (Å²) in [7, 11) is 1.64. The van der Waals surface area contributed by atoms with E-state index in [0.717, 1.165) is 62.3 Å². The van der Waals surface area contributed by atoms with Gasteiger partial charge in [0.25, 0.3) is 0 Å². The quantitative estimate of drug-likeness (QED) is 0.298. The van der Waals surface area contributed by atoms with Crippen LogP contribution in [0.2, 0.25) is 0 Å². The van der Waals surface area contributed by atoms with Gasteiger partial charge < -0.3 is 26.3 Å². The van der Waals surface area contributed by atoms with Crippen molar-refractivity contribution in [3.8, 4) is 11.3 Å². The molecule has 11 heteroatoms. The van der Waals surface area contributed by atoms with Crippen LogP contribution < -0.4 is 16.8 Å². The summed E-state index contributed by atoms with van der Waals surface area (Å²) in [6.07, 6.45) is 1.14. The lowest BCUT2D eigenvalue weighted by molar-refractivity contribution is -0.139. The lowest BCUT2D eigenvalue weighted by Gasteiger charge is -2.35. The number of aromatic nitrogens is 2. The number of nitrogens with two attached hydrogens (primary N) is 2. The zero-order valence-corrected chi connectivity index (χ0v) is 21.3. The number of aliphatic imine (C=N–C) groups is 1. The van der Waals surface area contributed by atoms with Gasteiger partial charge in [-0.15, -0.1) is 0 Å². The third kappa shape index (κ3) is 5.76. The van der Waals surface area contributed by atoms with E-state index in [0.29, 0.717) is 36.9 Å². The minimum absolute atomic E-state index is 0.123. The van der Waals surface area contributed by atoms with Crippen LogP contribution in [0, 0.1) is 5.82 Å². The highest BCUT2D eigenvalue weighted by atomic mass is 19.4. The molecule has 0 radical (unpaired) electrons. The number of nitrogens with zero attached hydrogens (tertiary/aromatic N) is 4. The molecule has 0 spiro atoms. The molecule has 0 unspecified atom stereocenters. The van der Waals surface area contributed by atoms with Crippen molar-refractivity contribution >= 4 is 5.84 Å². The van der Waals surface area contributed by atoms with Crippen molar-refractivity contribution in [3.05, 3.63) is 53.0 Å². The molecule has 202 valence electrons. The van der Waals surface area contributed by atoms with Crippen molar-refractivity contribution in [3.63, 3.8) is 0 Å². The smallest absolute Gasteiger partial charge is 0.385 e. The normalized spacial score (nSPS) is 19.3. The third-order valence-electron chi connectivity index (χ3n) is 7.44. The molecule has 2 fully saturated rings. The van der Waals surface area contributed by atoms with Gasteiger partial charge in [0.1, 0.15) is 23.3 Å². The fraction of sp³-hybridized carbons (Fsp3) is 0.538. The van der Waals surface area contributed by atoms with Crippen molar-refractivity contribution in [1.82, 2.24) is 19.8 Å². The zero-order valence-electron chi connectivity index (χ0n) is 21.3. The second-order valence-electron chi connectivity index (χ2n) is 9.65. The molecule has 0 aliphatic carbocycles. The van der Waals surface area contributed by atoms with E-state index in [1.165, 1.54) is 6.07 Å². The first kappa shape index (κ1) is 27.0. The van der Waals surface area contributed by atoms with Crippen LogP contribution >= 0.6 is 0 Å². The van der Waals surface area contributed by atoms with Gasteiger partial charge in [-0.05, 0) is 63.4 Å². The van der Waals surface area contributed by atoms with Crippen LogP contribution in [0.25, 0.3) is 11.3 Å². The van der Waals surface area contributed by atoms with Crippen molar-refractivity contribution in [1.29, 1.82) is 0 Å². The lowest BCUT2D eigenvalue weighted by atomic mass is 9.94. The minimum Gasteiger partial charge on any atom is -0.385 e. The molecule has 0 bridgehead atoms. The maximum absolute atomic E-state index is 13.9. The van der Waals surface area contributed by atoms with Gasteiger partial charge in [-0.1, -0.05) is 6.92 Å². The highest BCUT2D eigenvalue weighted by Crippen LogP contribution is 2.37. The molecule has 2 aliphatic rings. The fourth-order valence-electron chi connectivity index (χ4n) is 5.33. The Labute approximate surface area is 214 Å². The number of likely N-dealkylation sites (tertiary alicyclic amines) is 1. The molecule has 1 aromatic heterocycles. The first-order chi connectivity index (χ1) is 17.6. The van der Waals surface area contributed by atoms with Crippen LogP contribution in [0.3, 0.4) is 0 Å². The summed E-state index contributed by atoms with van der Waals surface area (Å²) in [5, 5.41) is 3.35. The Morgan fingerprint density at radius 1 is 1.14 bits per heavy atom. The molecule has 0 saturated carbocycles. The summed E-state index contributed by atoms with van der Waals surface area (Å²) in [6.45, 7) is 5.14. The molecule has 4 rings (SSSR count). The van der Waals surface area contributed by atoms with Crippen LogP contribution in [-0.2, 0) is 6.18 Å². The molecular formula is C26H35F4N7. The van der Waals surface area contributed by atoms with Crippen molar-refractivity contribution in [2.45, 2.75) is 57.2 Å². The lowest BCUT2D eigenvalue weighted by Crippen LogP contribution is -2.38. The number of hydrogen-bond donors (Lipinski definition) is 3. The maximum Gasteiger partial charge on any atom is 0.419 e. The number of imidazole rings is 1. The Hall–Kier alpha value is -3.08. The van der Waals surface area contributed by atoms with Gasteiger partial charge in [0.2, 0.25) is 0 Å². The van der Waals surface area contributed by atoms with E-state index >= 15 is 0 Å². The van der Waals surface area contributed by atoms with E-state index in [1.807, 2.05) is 13.1 Å². The van der Waals surface area contributed by atoms with Gasteiger partial charge in [-0.25, -0.2) is 9.37 Å². The van der Waals surface area contributed by atoms with E-state index in [9.17, 15) is 17.6 Å². The summed E-state index contributed by atoms with van der Waals surface area (Å²) in [4.78, 5) is 11.0. The molecule has 0 amide bonds. The second-order valence-corrected chi connectivity index (χ2v) is 9.65. The number of alkyl halides is 3. The molecule has 2 aliphatic heterocycles. The van der Waals surface area contributed by atoms with Gasteiger partial charge in [0, 0.05) is 49.4 Å². The maximum atomic E-state index is 13.9. The third-order valence-corrected chi connectivity index (χ3v) is 7.44. The highest BCUT2D eigenvalue weighted by molar-refractivity contribution is 5.97. The monoisotopic (exact) mass is 521 g/mol. The molecule has 0 atom stereocenters. The number of piperidine rings is 2. The van der Waals surface area contributed by atoms with E-state index < -0.39 is 17.6 Å². The van der Waals surface area contributed by atoms with Gasteiger partial charge >= 0.3 is 6.18 Å². The number of hydrogen-bond acceptors (Lipinski definition) is 5. The van der Waals surface area contributed by atoms with E-state index in [-0.39, 0.29) is 17.5 Å². The Morgan fingerprint density at radius 3 is 2.41 bits per heavy atom. The fourth-order valence-corrected chi connectivity index (χ4v) is 5.33. The summed E-state index contributed by atoms with van der Waals surface area (Å²) in [5.74, 6) is 0.778. The summed E-state index contributed by atoms with van der Waals surface area (Å²) in [6, 6.07) is 3.29. The van der Waals surface area contributed by atoms with Gasteiger partial charge in [-0.2, -0.15) is 13.2 Å². The first-order valence-electron chi connectivity index (χ1n) is 12.8. The minimum atomic E-state index is -4.77. The Morgan fingerprint density at radius 2 is 1.81 bits per heavy atom. The molecule has 1 aromatic carbocycles. The Bertz CT molecular complexity index is 1150. The molecule has 2 saturated heterocycles. The van der Waals surface area contributed by atoms with Crippen molar-refractivity contribution in [2.24, 2.45) is 16.5 Å². The van der Waals surface area contributed by atoms with Crippen LogP contribution in [0.1, 0.15) is 62.4 Å². The second kappa shape index (κ2) is 11.1. The number of benzene rings is 1. The van der Waals surface area contributed by atoms with Gasteiger partial charge in [0.15, 0.2) is 0 Å². The molecule has 5 N–H and O–H groups in total. The molecule has 2 aromatic rings. The molecular weight excluding hydrogens is 486 g/mol.